The first kappa shape index (κ1) is 18.0. The number of carbonyl (C=O) groups is 1. The van der Waals surface area contributed by atoms with E-state index in [9.17, 15) is 13.2 Å². The summed E-state index contributed by atoms with van der Waals surface area (Å²) in [5.41, 5.74) is 1.18. The number of hydrogen-bond donors (Lipinski definition) is 0. The number of rotatable bonds is 4. The van der Waals surface area contributed by atoms with Gasteiger partial charge in [0.1, 0.15) is 10.6 Å². The molecule has 5 nitrogen and oxygen atoms in total. The van der Waals surface area contributed by atoms with Crippen LogP contribution in [-0.2, 0) is 20.3 Å². The van der Waals surface area contributed by atoms with Crippen molar-refractivity contribution < 1.29 is 22.1 Å². The van der Waals surface area contributed by atoms with Crippen LogP contribution in [0, 0.1) is 0 Å². The van der Waals surface area contributed by atoms with Crippen LogP contribution in [0.3, 0.4) is 0 Å². The van der Waals surface area contributed by atoms with E-state index in [1.807, 2.05) is 12.1 Å². The number of ether oxygens (including phenoxy) is 1. The maximum atomic E-state index is 12.4. The van der Waals surface area contributed by atoms with Crippen molar-refractivity contribution in [1.29, 1.82) is 0 Å². The molecule has 2 aromatic carbocycles. The molecule has 0 spiro atoms. The van der Waals surface area contributed by atoms with Crippen LogP contribution in [0.1, 0.15) is 36.7 Å². The van der Waals surface area contributed by atoms with Crippen molar-refractivity contribution in [2.75, 3.05) is 7.11 Å². The lowest BCUT2D eigenvalue weighted by atomic mass is 9.87. The van der Waals surface area contributed by atoms with E-state index < -0.39 is 16.1 Å². The molecule has 2 rings (SSSR count). The third-order valence-electron chi connectivity index (χ3n) is 3.47. The Balaban J connectivity index is 2.27. The Hall–Kier alpha value is -2.34. The maximum absolute atomic E-state index is 12.4. The molecular formula is C18H20O5S. The molecule has 0 unspecified atom stereocenters. The van der Waals surface area contributed by atoms with Gasteiger partial charge in [-0.05, 0) is 41.3 Å². The normalized spacial score (nSPS) is 11.8. The second kappa shape index (κ2) is 6.65. The number of benzene rings is 2. The fourth-order valence-electron chi connectivity index (χ4n) is 2.08. The highest BCUT2D eigenvalue weighted by Crippen LogP contribution is 2.26. The molecule has 0 aliphatic rings. The van der Waals surface area contributed by atoms with E-state index in [0.29, 0.717) is 0 Å². The third-order valence-corrected chi connectivity index (χ3v) is 4.71. The molecule has 0 amide bonds. The van der Waals surface area contributed by atoms with E-state index in [2.05, 4.69) is 25.5 Å². The molecule has 128 valence electrons. The molecule has 0 aliphatic carbocycles. The summed E-state index contributed by atoms with van der Waals surface area (Å²) in [4.78, 5) is 11.4. The second-order valence-corrected chi connectivity index (χ2v) is 7.88. The monoisotopic (exact) mass is 348 g/mol. The van der Waals surface area contributed by atoms with Gasteiger partial charge in [-0.25, -0.2) is 4.79 Å². The predicted octanol–water partition coefficient (Wildman–Crippen LogP) is 3.54. The van der Waals surface area contributed by atoms with Gasteiger partial charge < -0.3 is 8.92 Å². The highest BCUT2D eigenvalue weighted by atomic mass is 32.2. The fraction of sp³-hybridized carbons (Fsp3) is 0.278. The molecule has 2 aromatic rings. The predicted molar refractivity (Wildman–Crippen MR) is 90.7 cm³/mol. The molecule has 0 radical (unpaired) electrons. The molecule has 0 atom stereocenters. The Morgan fingerprint density at radius 2 is 1.62 bits per heavy atom. The molecule has 24 heavy (non-hydrogen) atoms. The number of carbonyl (C=O) groups excluding carboxylic acids is 1. The van der Waals surface area contributed by atoms with Gasteiger partial charge in [0.05, 0.1) is 12.7 Å². The maximum Gasteiger partial charge on any atom is 0.339 e. The molecule has 6 heteroatoms. The molecule has 0 N–H and O–H groups in total. The van der Waals surface area contributed by atoms with Gasteiger partial charge in [-0.3, -0.25) is 0 Å². The highest BCUT2D eigenvalue weighted by molar-refractivity contribution is 7.87. The van der Waals surface area contributed by atoms with Crippen LogP contribution in [0.2, 0.25) is 0 Å². The molecule has 0 bridgehead atoms. The summed E-state index contributed by atoms with van der Waals surface area (Å²) in [5.74, 6) is -0.395. The zero-order valence-corrected chi connectivity index (χ0v) is 14.9. The van der Waals surface area contributed by atoms with Crippen LogP contribution < -0.4 is 4.18 Å². The quantitative estimate of drug-likeness (QED) is 0.624. The largest absolute Gasteiger partial charge is 0.465 e. The lowest BCUT2D eigenvalue weighted by molar-refractivity contribution is 0.0600. The van der Waals surface area contributed by atoms with E-state index in [4.69, 9.17) is 4.18 Å². The number of methoxy groups -OCH3 is 1. The van der Waals surface area contributed by atoms with Crippen LogP contribution in [0.4, 0.5) is 0 Å². The second-order valence-electron chi connectivity index (χ2n) is 6.33. The molecule has 0 fully saturated rings. The summed E-state index contributed by atoms with van der Waals surface area (Å²) in [6.45, 7) is 6.20. The van der Waals surface area contributed by atoms with Crippen molar-refractivity contribution in [3.05, 3.63) is 59.7 Å². The highest BCUT2D eigenvalue weighted by Gasteiger charge is 2.20. The van der Waals surface area contributed by atoms with E-state index in [0.717, 1.165) is 5.56 Å². The van der Waals surface area contributed by atoms with E-state index >= 15 is 0 Å². The molecule has 0 saturated carbocycles. The van der Waals surface area contributed by atoms with E-state index in [-0.39, 0.29) is 21.6 Å². The van der Waals surface area contributed by atoms with Crippen LogP contribution in [-0.4, -0.2) is 21.5 Å². The van der Waals surface area contributed by atoms with Gasteiger partial charge in [-0.2, -0.15) is 8.42 Å². The van der Waals surface area contributed by atoms with E-state index in [1.165, 1.54) is 31.4 Å². The average molecular weight is 348 g/mol. The molecule has 0 saturated heterocycles. The minimum Gasteiger partial charge on any atom is -0.465 e. The molecular weight excluding hydrogens is 328 g/mol. The standard InChI is InChI=1S/C18H20O5S/c1-18(2,3)14-8-10-15(11-9-14)23-24(20,21)16-7-5-6-13(12-16)17(19)22-4/h5-12H,1-4H3. The van der Waals surface area contributed by atoms with E-state index in [1.54, 1.807) is 12.1 Å². The van der Waals surface area contributed by atoms with Crippen molar-refractivity contribution in [2.45, 2.75) is 31.1 Å². The van der Waals surface area contributed by atoms with Crippen molar-refractivity contribution in [3.8, 4) is 5.75 Å². The summed E-state index contributed by atoms with van der Waals surface area (Å²) < 4.78 is 34.5. The number of hydrogen-bond acceptors (Lipinski definition) is 5. The SMILES string of the molecule is COC(=O)c1cccc(S(=O)(=O)Oc2ccc(C(C)(C)C)cc2)c1. The lowest BCUT2D eigenvalue weighted by Gasteiger charge is -2.19. The Labute approximate surface area is 142 Å². The van der Waals surface area contributed by atoms with Crippen molar-refractivity contribution in [1.82, 2.24) is 0 Å². The first-order chi connectivity index (χ1) is 11.1. The number of esters is 1. The average Bonchev–Trinajstić information content (AvgIpc) is 2.53. The minimum absolute atomic E-state index is 0.0355. The lowest BCUT2D eigenvalue weighted by Crippen LogP contribution is -2.13. The summed E-state index contributed by atoms with van der Waals surface area (Å²) in [6, 6.07) is 12.4. The summed E-state index contributed by atoms with van der Waals surface area (Å²) in [6.07, 6.45) is 0. The van der Waals surface area contributed by atoms with Gasteiger partial charge >= 0.3 is 16.1 Å². The molecule has 0 heterocycles. The summed E-state index contributed by atoms with van der Waals surface area (Å²) in [5, 5.41) is 0. The van der Waals surface area contributed by atoms with Crippen LogP contribution in [0.25, 0.3) is 0 Å². The first-order valence-electron chi connectivity index (χ1n) is 7.37. The van der Waals surface area contributed by atoms with Gasteiger partial charge in [0.15, 0.2) is 0 Å². The third kappa shape index (κ3) is 4.14. The van der Waals surface area contributed by atoms with Crippen LogP contribution in [0.5, 0.6) is 5.75 Å². The topological polar surface area (TPSA) is 69.7 Å². The van der Waals surface area contributed by atoms with Gasteiger partial charge in [0.25, 0.3) is 0 Å². The van der Waals surface area contributed by atoms with Gasteiger partial charge in [0.2, 0.25) is 0 Å². The smallest absolute Gasteiger partial charge is 0.339 e. The Kier molecular flexibility index (Phi) is 4.99. The summed E-state index contributed by atoms with van der Waals surface area (Å²) in [7, 11) is -2.80. The zero-order chi connectivity index (χ0) is 18.0. The van der Waals surface area contributed by atoms with Gasteiger partial charge in [0, 0.05) is 0 Å². The van der Waals surface area contributed by atoms with Crippen LogP contribution in [0.15, 0.2) is 53.4 Å². The Morgan fingerprint density at radius 3 is 2.17 bits per heavy atom. The minimum atomic E-state index is -4.03. The van der Waals surface area contributed by atoms with Crippen molar-refractivity contribution in [3.63, 3.8) is 0 Å². The Morgan fingerprint density at radius 1 is 1.00 bits per heavy atom. The van der Waals surface area contributed by atoms with Gasteiger partial charge in [-0.1, -0.05) is 39.0 Å². The first-order valence-corrected chi connectivity index (χ1v) is 8.78. The fourth-order valence-corrected chi connectivity index (χ4v) is 3.06. The molecule has 0 aromatic heterocycles. The van der Waals surface area contributed by atoms with Crippen molar-refractivity contribution in [2.24, 2.45) is 0 Å². The Bertz CT molecular complexity index is 830. The molecule has 0 aliphatic heterocycles. The van der Waals surface area contributed by atoms with Gasteiger partial charge in [-0.15, -0.1) is 0 Å². The summed E-state index contributed by atoms with van der Waals surface area (Å²) >= 11 is 0. The van der Waals surface area contributed by atoms with Crippen LogP contribution >= 0.6 is 0 Å². The van der Waals surface area contributed by atoms with Crippen molar-refractivity contribution >= 4 is 16.1 Å². The zero-order valence-electron chi connectivity index (χ0n) is 14.1.